The van der Waals surface area contributed by atoms with E-state index < -0.39 is 23.5 Å². The van der Waals surface area contributed by atoms with Gasteiger partial charge in [0.2, 0.25) is 0 Å². The monoisotopic (exact) mass is 348 g/mol. The summed E-state index contributed by atoms with van der Waals surface area (Å²) in [5, 5.41) is 11.6. The number of aliphatic carboxylic acids is 1. The molecule has 1 heterocycles. The van der Waals surface area contributed by atoms with E-state index >= 15 is 0 Å². The molecule has 136 valence electrons. The number of amides is 1. The van der Waals surface area contributed by atoms with Gasteiger partial charge >= 0.3 is 5.97 Å². The van der Waals surface area contributed by atoms with Crippen molar-refractivity contribution in [1.82, 2.24) is 10.3 Å². The molecule has 1 aliphatic rings. The van der Waals surface area contributed by atoms with Crippen LogP contribution in [0.4, 0.5) is 0 Å². The quantitative estimate of drug-likeness (QED) is 0.750. The van der Waals surface area contributed by atoms with Gasteiger partial charge in [-0.3, -0.25) is 14.4 Å². The Kier molecular flexibility index (Phi) is 5.15. The second kappa shape index (κ2) is 6.82. The van der Waals surface area contributed by atoms with Crippen LogP contribution in [0.25, 0.3) is 0 Å². The summed E-state index contributed by atoms with van der Waals surface area (Å²) in [6, 6.07) is 0.201. The Bertz CT molecular complexity index is 776. The van der Waals surface area contributed by atoms with Gasteiger partial charge in [-0.1, -0.05) is 27.7 Å². The molecule has 0 radical (unpaired) electrons. The minimum Gasteiger partial charge on any atom is -0.480 e. The average Bonchev–Trinajstić information content (AvgIpc) is 2.43. The van der Waals surface area contributed by atoms with E-state index in [-0.39, 0.29) is 29.1 Å². The molecule has 0 aromatic carbocycles. The van der Waals surface area contributed by atoms with Gasteiger partial charge in [0.25, 0.3) is 11.5 Å². The number of ketones is 1. The maximum Gasteiger partial charge on any atom is 0.326 e. The average molecular weight is 348 g/mol. The second-order valence-corrected chi connectivity index (χ2v) is 7.84. The molecule has 0 saturated heterocycles. The van der Waals surface area contributed by atoms with E-state index in [4.69, 9.17) is 0 Å². The van der Waals surface area contributed by atoms with Crippen molar-refractivity contribution in [2.45, 2.75) is 53.0 Å². The molecule has 7 nitrogen and oxygen atoms in total. The van der Waals surface area contributed by atoms with Gasteiger partial charge in [-0.05, 0) is 30.2 Å². The minimum absolute atomic E-state index is 0.0621. The lowest BCUT2D eigenvalue weighted by molar-refractivity contribution is -0.139. The van der Waals surface area contributed by atoms with Gasteiger partial charge in [0.1, 0.15) is 11.6 Å². The fourth-order valence-electron chi connectivity index (χ4n) is 3.13. The standard InChI is InChI=1S/C18H24N2O5/c1-9(2)5-12(17(24)25)19-15(22)11-6-10-13(20-16(11)23)7-18(3,4)8-14(10)21/h6,9,12H,5,7-8H2,1-4H3,(H,19,22)(H,20,23)(H,24,25)/t12-/m0/s1. The van der Waals surface area contributed by atoms with Gasteiger partial charge in [-0.15, -0.1) is 0 Å². The molecule has 0 aliphatic heterocycles. The topological polar surface area (TPSA) is 116 Å². The molecule has 1 aromatic rings. The van der Waals surface area contributed by atoms with E-state index in [1.54, 1.807) is 0 Å². The van der Waals surface area contributed by atoms with Crippen LogP contribution in [0.3, 0.4) is 0 Å². The maximum atomic E-state index is 12.4. The van der Waals surface area contributed by atoms with E-state index in [1.807, 2.05) is 27.7 Å². The van der Waals surface area contributed by atoms with E-state index in [9.17, 15) is 24.3 Å². The van der Waals surface area contributed by atoms with Crippen molar-refractivity contribution in [2.24, 2.45) is 11.3 Å². The molecule has 7 heteroatoms. The predicted octanol–water partition coefficient (Wildman–Crippen LogP) is 1.76. The maximum absolute atomic E-state index is 12.4. The first-order valence-corrected chi connectivity index (χ1v) is 8.33. The molecular formula is C18H24N2O5. The lowest BCUT2D eigenvalue weighted by atomic mass is 9.75. The first kappa shape index (κ1) is 18.9. The van der Waals surface area contributed by atoms with Crippen molar-refractivity contribution < 1.29 is 19.5 Å². The van der Waals surface area contributed by atoms with Crippen molar-refractivity contribution in [1.29, 1.82) is 0 Å². The van der Waals surface area contributed by atoms with Crippen molar-refractivity contribution >= 4 is 17.7 Å². The zero-order chi connectivity index (χ0) is 18.9. The number of hydrogen-bond acceptors (Lipinski definition) is 4. The number of pyridine rings is 1. The van der Waals surface area contributed by atoms with Gasteiger partial charge in [0.15, 0.2) is 5.78 Å². The largest absolute Gasteiger partial charge is 0.480 e. The third kappa shape index (κ3) is 4.35. The minimum atomic E-state index is -1.16. The summed E-state index contributed by atoms with van der Waals surface area (Å²) in [5.41, 5.74) is -0.237. The van der Waals surface area contributed by atoms with Crippen molar-refractivity contribution in [3.8, 4) is 0 Å². The molecule has 0 bridgehead atoms. The second-order valence-electron chi connectivity index (χ2n) is 7.84. The van der Waals surface area contributed by atoms with Crippen LogP contribution < -0.4 is 10.9 Å². The summed E-state index contributed by atoms with van der Waals surface area (Å²) in [4.78, 5) is 50.9. The van der Waals surface area contributed by atoms with E-state index in [0.29, 0.717) is 24.1 Å². The van der Waals surface area contributed by atoms with Crippen LogP contribution in [0.2, 0.25) is 0 Å². The molecule has 0 unspecified atom stereocenters. The Hall–Kier alpha value is -2.44. The number of H-pyrrole nitrogens is 1. The van der Waals surface area contributed by atoms with Crippen LogP contribution >= 0.6 is 0 Å². The lowest BCUT2D eigenvalue weighted by Crippen LogP contribution is -2.43. The van der Waals surface area contributed by atoms with Gasteiger partial charge in [-0.25, -0.2) is 4.79 Å². The summed E-state index contributed by atoms with van der Waals surface area (Å²) in [7, 11) is 0. The fourth-order valence-corrected chi connectivity index (χ4v) is 3.13. The van der Waals surface area contributed by atoms with E-state index in [2.05, 4.69) is 10.3 Å². The Balaban J connectivity index is 2.33. The molecular weight excluding hydrogens is 324 g/mol. The number of carbonyl (C=O) groups is 3. The lowest BCUT2D eigenvalue weighted by Gasteiger charge is -2.29. The van der Waals surface area contributed by atoms with E-state index in [0.717, 1.165) is 0 Å². The van der Waals surface area contributed by atoms with Crippen molar-refractivity contribution in [3.05, 3.63) is 33.2 Å². The number of hydrogen-bond donors (Lipinski definition) is 3. The van der Waals surface area contributed by atoms with Crippen LogP contribution in [-0.4, -0.2) is 33.8 Å². The fraction of sp³-hybridized carbons (Fsp3) is 0.556. The molecule has 1 atom stereocenters. The Morgan fingerprint density at radius 1 is 1.28 bits per heavy atom. The third-order valence-electron chi connectivity index (χ3n) is 4.27. The molecule has 0 saturated carbocycles. The molecule has 1 aromatic heterocycles. The highest BCUT2D eigenvalue weighted by Gasteiger charge is 2.33. The highest BCUT2D eigenvalue weighted by molar-refractivity contribution is 6.02. The Morgan fingerprint density at radius 3 is 2.48 bits per heavy atom. The third-order valence-corrected chi connectivity index (χ3v) is 4.27. The number of aromatic amines is 1. The van der Waals surface area contributed by atoms with Gasteiger partial charge in [0.05, 0.1) is 0 Å². The van der Waals surface area contributed by atoms with Crippen LogP contribution in [0.1, 0.15) is 66.9 Å². The van der Waals surface area contributed by atoms with Crippen LogP contribution in [0.15, 0.2) is 10.9 Å². The molecule has 25 heavy (non-hydrogen) atoms. The summed E-state index contributed by atoms with van der Waals surface area (Å²) >= 11 is 0. The highest BCUT2D eigenvalue weighted by Crippen LogP contribution is 2.33. The SMILES string of the molecule is CC(C)C[C@H](NC(=O)c1cc2c([nH]c1=O)CC(C)(C)CC2=O)C(=O)O. The first-order valence-electron chi connectivity index (χ1n) is 8.33. The zero-order valence-corrected chi connectivity index (χ0v) is 14.9. The number of nitrogens with one attached hydrogen (secondary N) is 2. The van der Waals surface area contributed by atoms with Crippen molar-refractivity contribution in [2.75, 3.05) is 0 Å². The van der Waals surface area contributed by atoms with E-state index in [1.165, 1.54) is 6.07 Å². The highest BCUT2D eigenvalue weighted by atomic mass is 16.4. The molecule has 2 rings (SSSR count). The number of Topliss-reactive ketones (excluding diaryl/α,β-unsaturated/α-hetero) is 1. The predicted molar refractivity (Wildman–Crippen MR) is 91.8 cm³/mol. The molecule has 0 spiro atoms. The zero-order valence-electron chi connectivity index (χ0n) is 14.9. The Morgan fingerprint density at radius 2 is 1.92 bits per heavy atom. The number of carboxylic acids is 1. The summed E-state index contributed by atoms with van der Waals surface area (Å²) in [6.45, 7) is 7.56. The molecule has 3 N–H and O–H groups in total. The van der Waals surface area contributed by atoms with Crippen LogP contribution in [0, 0.1) is 11.3 Å². The van der Waals surface area contributed by atoms with Gasteiger partial charge < -0.3 is 15.4 Å². The smallest absolute Gasteiger partial charge is 0.326 e. The number of carboxylic acid groups (broad SMARTS) is 1. The van der Waals surface area contributed by atoms with Gasteiger partial charge in [0, 0.05) is 17.7 Å². The van der Waals surface area contributed by atoms with Gasteiger partial charge in [-0.2, -0.15) is 0 Å². The molecule has 1 amide bonds. The summed E-state index contributed by atoms with van der Waals surface area (Å²) < 4.78 is 0. The van der Waals surface area contributed by atoms with Crippen molar-refractivity contribution in [3.63, 3.8) is 0 Å². The number of fused-ring (bicyclic) bond motifs is 1. The van der Waals surface area contributed by atoms with Crippen LogP contribution in [0.5, 0.6) is 0 Å². The molecule has 0 fully saturated rings. The number of carbonyl (C=O) groups excluding carboxylic acids is 2. The normalized spacial score (nSPS) is 17.1. The Labute approximate surface area is 145 Å². The first-order chi connectivity index (χ1) is 11.5. The van der Waals surface area contributed by atoms with Crippen LogP contribution in [-0.2, 0) is 11.2 Å². The summed E-state index contributed by atoms with van der Waals surface area (Å²) in [5.74, 6) is -2.01. The molecule has 1 aliphatic carbocycles. The summed E-state index contributed by atoms with van der Waals surface area (Å²) in [6.07, 6.45) is 1.12. The number of rotatable bonds is 5. The number of aromatic nitrogens is 1.